The van der Waals surface area contributed by atoms with Gasteiger partial charge >= 0.3 is 0 Å². The smallest absolute Gasteiger partial charge is 0.0949 e. The Kier molecular flexibility index (Phi) is 3.68. The maximum atomic E-state index is 6.10. The zero-order chi connectivity index (χ0) is 14.2. The summed E-state index contributed by atoms with van der Waals surface area (Å²) in [5, 5.41) is 0.844. The van der Waals surface area contributed by atoms with Gasteiger partial charge < -0.3 is 9.80 Å². The molecule has 0 radical (unpaired) electrons. The first-order chi connectivity index (χ1) is 10.3. The van der Waals surface area contributed by atoms with Gasteiger partial charge in [0.15, 0.2) is 0 Å². The third-order valence-corrected chi connectivity index (χ3v) is 5.85. The number of benzene rings is 1. The quantitative estimate of drug-likeness (QED) is 0.842. The number of nitrogens with zero attached hydrogens (tertiary/aromatic N) is 1. The topological polar surface area (TPSA) is 7.68 Å². The number of quaternary nitrogens is 1. The first kappa shape index (κ1) is 13.7. The number of hydrogen-bond acceptors (Lipinski definition) is 1. The van der Waals surface area contributed by atoms with Gasteiger partial charge in [-0.05, 0) is 42.9 Å². The van der Waals surface area contributed by atoms with E-state index in [2.05, 4.69) is 35.3 Å². The molecule has 2 nitrogen and oxygen atoms in total. The van der Waals surface area contributed by atoms with Crippen molar-refractivity contribution in [2.75, 3.05) is 37.6 Å². The fourth-order valence-electron chi connectivity index (χ4n) is 4.46. The Hall–Kier alpha value is -0.990. The van der Waals surface area contributed by atoms with Crippen molar-refractivity contribution >= 4 is 17.3 Å². The van der Waals surface area contributed by atoms with Gasteiger partial charge in [0.1, 0.15) is 0 Å². The molecule has 112 valence electrons. The molecule has 3 atom stereocenters. The molecule has 2 aliphatic carbocycles. The minimum absolute atomic E-state index is 0.844. The lowest BCUT2D eigenvalue weighted by Gasteiger charge is -2.35. The number of piperazine rings is 1. The first-order valence-electron chi connectivity index (χ1n) is 8.30. The fraction of sp³-hybridized carbons (Fsp3) is 0.556. The Labute approximate surface area is 132 Å². The van der Waals surface area contributed by atoms with E-state index in [1.165, 1.54) is 38.2 Å². The Balaban J connectivity index is 1.32. The molecule has 2 bridgehead atoms. The van der Waals surface area contributed by atoms with Crippen LogP contribution in [-0.4, -0.2) is 32.7 Å². The van der Waals surface area contributed by atoms with E-state index < -0.39 is 0 Å². The first-order valence-corrected chi connectivity index (χ1v) is 8.68. The van der Waals surface area contributed by atoms with E-state index >= 15 is 0 Å². The van der Waals surface area contributed by atoms with Crippen molar-refractivity contribution in [2.24, 2.45) is 17.8 Å². The highest BCUT2D eigenvalue weighted by molar-refractivity contribution is 6.30. The summed E-state index contributed by atoms with van der Waals surface area (Å²) in [6.07, 6.45) is 7.82. The van der Waals surface area contributed by atoms with Crippen LogP contribution in [0.2, 0.25) is 5.02 Å². The van der Waals surface area contributed by atoms with Gasteiger partial charge in [-0.3, -0.25) is 0 Å². The fourth-order valence-corrected chi connectivity index (χ4v) is 4.64. The second-order valence-corrected chi connectivity index (χ2v) is 7.40. The van der Waals surface area contributed by atoms with Crippen LogP contribution in [0.3, 0.4) is 0 Å². The standard InChI is InChI=1S/C18H23ClN2/c19-17-2-1-3-18(12-17)21-8-6-20(7-9-21)13-16-11-14-4-5-15(16)10-14/h1-5,12,14-16H,6-11,13H2/p+1/t14-,15-,16-/m0/s1. The molecule has 1 saturated heterocycles. The van der Waals surface area contributed by atoms with Crippen LogP contribution in [-0.2, 0) is 0 Å². The minimum atomic E-state index is 0.844. The molecule has 1 heterocycles. The van der Waals surface area contributed by atoms with Crippen LogP contribution in [0.4, 0.5) is 5.69 Å². The summed E-state index contributed by atoms with van der Waals surface area (Å²) in [6.45, 7) is 6.24. The van der Waals surface area contributed by atoms with Crippen LogP contribution in [0.15, 0.2) is 36.4 Å². The molecule has 0 amide bonds. The van der Waals surface area contributed by atoms with Gasteiger partial charge in [0.25, 0.3) is 0 Å². The van der Waals surface area contributed by atoms with E-state index in [9.17, 15) is 0 Å². The molecule has 1 N–H and O–H groups in total. The van der Waals surface area contributed by atoms with E-state index in [-0.39, 0.29) is 0 Å². The van der Waals surface area contributed by atoms with Crippen LogP contribution in [0.5, 0.6) is 0 Å². The van der Waals surface area contributed by atoms with Crippen LogP contribution in [0.25, 0.3) is 0 Å². The monoisotopic (exact) mass is 303 g/mol. The van der Waals surface area contributed by atoms with Crippen LogP contribution in [0, 0.1) is 17.8 Å². The summed E-state index contributed by atoms with van der Waals surface area (Å²) in [4.78, 5) is 4.29. The summed E-state index contributed by atoms with van der Waals surface area (Å²) >= 11 is 6.10. The molecule has 0 spiro atoms. The lowest BCUT2D eigenvalue weighted by Crippen LogP contribution is -3.15. The molecule has 21 heavy (non-hydrogen) atoms. The molecule has 1 aliphatic heterocycles. The molecule has 0 aromatic heterocycles. The number of anilines is 1. The predicted molar refractivity (Wildman–Crippen MR) is 88.1 cm³/mol. The van der Waals surface area contributed by atoms with E-state index in [0.717, 1.165) is 35.9 Å². The highest BCUT2D eigenvalue weighted by Gasteiger charge is 2.38. The second-order valence-electron chi connectivity index (χ2n) is 6.96. The zero-order valence-corrected chi connectivity index (χ0v) is 13.2. The molecule has 1 aromatic rings. The second kappa shape index (κ2) is 5.66. The van der Waals surface area contributed by atoms with Crippen molar-refractivity contribution in [3.63, 3.8) is 0 Å². The predicted octanol–water partition coefficient (Wildman–Crippen LogP) is 2.26. The van der Waals surface area contributed by atoms with Crippen LogP contribution in [0.1, 0.15) is 12.8 Å². The molecule has 3 heteroatoms. The summed E-state index contributed by atoms with van der Waals surface area (Å²) in [5.74, 6) is 2.76. The third-order valence-electron chi connectivity index (χ3n) is 5.61. The number of allylic oxidation sites excluding steroid dienone is 2. The summed E-state index contributed by atoms with van der Waals surface area (Å²) in [5.41, 5.74) is 1.28. The average Bonchev–Trinajstić information content (AvgIpc) is 3.11. The third kappa shape index (κ3) is 2.84. The highest BCUT2D eigenvalue weighted by atomic mass is 35.5. The SMILES string of the molecule is Clc1cccc(N2CC[NH+](C[C@@H]3C[C@H]4C=C[C@H]3C4)CC2)c1. The van der Waals surface area contributed by atoms with Crippen molar-refractivity contribution < 1.29 is 4.90 Å². The normalized spacial score (nSPS) is 32.0. The van der Waals surface area contributed by atoms with Crippen molar-refractivity contribution in [2.45, 2.75) is 12.8 Å². The molecule has 4 rings (SSSR count). The van der Waals surface area contributed by atoms with Crippen molar-refractivity contribution in [1.29, 1.82) is 0 Å². The zero-order valence-electron chi connectivity index (χ0n) is 12.5. The van der Waals surface area contributed by atoms with Crippen molar-refractivity contribution in [3.05, 3.63) is 41.4 Å². The van der Waals surface area contributed by atoms with Crippen LogP contribution >= 0.6 is 11.6 Å². The molecule has 0 unspecified atom stereocenters. The summed E-state index contributed by atoms with van der Waals surface area (Å²) in [6, 6.07) is 8.28. The lowest BCUT2D eigenvalue weighted by molar-refractivity contribution is -0.904. The molecule has 3 aliphatic rings. The lowest BCUT2D eigenvalue weighted by atomic mass is 9.93. The molecule has 1 aromatic carbocycles. The van der Waals surface area contributed by atoms with Crippen LogP contribution < -0.4 is 9.80 Å². The Morgan fingerprint density at radius 2 is 2.00 bits per heavy atom. The van der Waals surface area contributed by atoms with Crippen molar-refractivity contribution in [3.8, 4) is 0 Å². The maximum Gasteiger partial charge on any atom is 0.0949 e. The van der Waals surface area contributed by atoms with E-state index in [1.54, 1.807) is 4.90 Å². The largest absolute Gasteiger partial charge is 0.360 e. The Bertz CT molecular complexity index is 534. The number of nitrogens with one attached hydrogen (secondary N) is 1. The highest BCUT2D eigenvalue weighted by Crippen LogP contribution is 2.42. The molecule has 2 fully saturated rings. The maximum absolute atomic E-state index is 6.10. The van der Waals surface area contributed by atoms with Gasteiger partial charge in [0.05, 0.1) is 32.7 Å². The van der Waals surface area contributed by atoms with E-state index in [4.69, 9.17) is 11.6 Å². The summed E-state index contributed by atoms with van der Waals surface area (Å²) < 4.78 is 0. The van der Waals surface area contributed by atoms with Gasteiger partial charge in [-0.15, -0.1) is 0 Å². The molecule has 1 saturated carbocycles. The minimum Gasteiger partial charge on any atom is -0.360 e. The number of hydrogen-bond donors (Lipinski definition) is 1. The van der Waals surface area contributed by atoms with E-state index in [1.807, 2.05) is 6.07 Å². The van der Waals surface area contributed by atoms with Gasteiger partial charge in [-0.2, -0.15) is 0 Å². The Morgan fingerprint density at radius 1 is 1.14 bits per heavy atom. The Morgan fingerprint density at radius 3 is 2.67 bits per heavy atom. The van der Waals surface area contributed by atoms with Gasteiger partial charge in [-0.25, -0.2) is 0 Å². The van der Waals surface area contributed by atoms with Crippen molar-refractivity contribution in [1.82, 2.24) is 0 Å². The number of rotatable bonds is 3. The van der Waals surface area contributed by atoms with Gasteiger partial charge in [0.2, 0.25) is 0 Å². The summed E-state index contributed by atoms with van der Waals surface area (Å²) in [7, 11) is 0. The van der Waals surface area contributed by atoms with Gasteiger partial charge in [-0.1, -0.05) is 29.8 Å². The average molecular weight is 304 g/mol. The van der Waals surface area contributed by atoms with E-state index in [0.29, 0.717) is 0 Å². The number of fused-ring (bicyclic) bond motifs is 2. The van der Waals surface area contributed by atoms with Gasteiger partial charge in [0, 0.05) is 16.6 Å². The molecular weight excluding hydrogens is 280 g/mol. The molecular formula is C18H24ClN2+. The number of halogens is 1.